The zero-order valence-electron chi connectivity index (χ0n) is 11.0. The molecule has 1 aromatic rings. The Morgan fingerprint density at radius 1 is 1.50 bits per heavy atom. The number of rotatable bonds is 7. The normalized spacial score (nSPS) is 11.3. The minimum Gasteiger partial charge on any atom is -0.461 e. The van der Waals surface area contributed by atoms with Crippen molar-refractivity contribution < 1.29 is 19.1 Å². The molecule has 0 aliphatic rings. The third-order valence-corrected chi connectivity index (χ3v) is 2.87. The summed E-state index contributed by atoms with van der Waals surface area (Å²) in [6, 6.07) is 0.207. The number of nitrogens with one attached hydrogen (secondary N) is 1. The highest BCUT2D eigenvalue weighted by Gasteiger charge is 2.23. The molecule has 0 fully saturated rings. The summed E-state index contributed by atoms with van der Waals surface area (Å²) in [5, 5.41) is 12.9. The van der Waals surface area contributed by atoms with E-state index >= 15 is 0 Å². The van der Waals surface area contributed by atoms with E-state index in [4.69, 9.17) is 9.15 Å². The first-order valence-electron chi connectivity index (χ1n) is 6.13. The first-order valence-corrected chi connectivity index (χ1v) is 6.13. The van der Waals surface area contributed by atoms with Crippen molar-refractivity contribution in [1.29, 1.82) is 0 Å². The average molecular weight is 256 g/mol. The van der Waals surface area contributed by atoms with Gasteiger partial charge in [0, 0.05) is 6.54 Å². The second-order valence-electron chi connectivity index (χ2n) is 4.04. The molecule has 6 nitrogen and oxygen atoms in total. The molecule has 1 heterocycles. The number of aliphatic hydroxyl groups is 1. The van der Waals surface area contributed by atoms with Crippen LogP contribution in [-0.2, 0) is 4.74 Å². The van der Waals surface area contributed by atoms with Crippen molar-refractivity contribution in [1.82, 2.24) is 4.98 Å². The lowest BCUT2D eigenvalue weighted by atomic mass is 9.98. The van der Waals surface area contributed by atoms with Gasteiger partial charge in [-0.05, 0) is 19.8 Å². The van der Waals surface area contributed by atoms with E-state index in [9.17, 15) is 9.90 Å². The second kappa shape index (κ2) is 6.39. The largest absolute Gasteiger partial charge is 0.461 e. The zero-order valence-corrected chi connectivity index (χ0v) is 11.0. The number of carbonyl (C=O) groups is 1. The van der Waals surface area contributed by atoms with Gasteiger partial charge < -0.3 is 19.6 Å². The third kappa shape index (κ3) is 3.73. The Kier molecular flexibility index (Phi) is 5.15. The van der Waals surface area contributed by atoms with Gasteiger partial charge >= 0.3 is 5.97 Å². The summed E-state index contributed by atoms with van der Waals surface area (Å²) in [6.45, 7) is 6.15. The molecule has 0 aliphatic heterocycles. The average Bonchev–Trinajstić information content (AvgIpc) is 2.85. The Morgan fingerprint density at radius 2 is 2.17 bits per heavy atom. The fourth-order valence-corrected chi connectivity index (χ4v) is 1.39. The molecule has 0 saturated heterocycles. The number of ether oxygens (including phenoxy) is 1. The van der Waals surface area contributed by atoms with E-state index in [1.165, 1.54) is 6.26 Å². The van der Waals surface area contributed by atoms with E-state index in [0.717, 1.165) is 0 Å². The Balaban J connectivity index is 2.57. The van der Waals surface area contributed by atoms with Crippen LogP contribution >= 0.6 is 0 Å². The van der Waals surface area contributed by atoms with Crippen LogP contribution in [0, 0.1) is 0 Å². The molecule has 0 bridgehead atoms. The van der Waals surface area contributed by atoms with Crippen molar-refractivity contribution in [3.8, 4) is 0 Å². The minimum atomic E-state index is -0.793. The predicted octanol–water partition coefficient (Wildman–Crippen LogP) is 1.81. The van der Waals surface area contributed by atoms with E-state index in [1.807, 2.05) is 13.8 Å². The van der Waals surface area contributed by atoms with Crippen molar-refractivity contribution >= 4 is 12.0 Å². The molecule has 0 amide bonds. The van der Waals surface area contributed by atoms with E-state index in [2.05, 4.69) is 10.3 Å². The molecule has 1 aromatic heterocycles. The van der Waals surface area contributed by atoms with Gasteiger partial charge in [0.05, 0.1) is 12.2 Å². The number of anilines is 1. The van der Waals surface area contributed by atoms with Crippen LogP contribution in [0.25, 0.3) is 0 Å². The fourth-order valence-electron chi connectivity index (χ4n) is 1.39. The molecule has 0 unspecified atom stereocenters. The van der Waals surface area contributed by atoms with Crippen molar-refractivity contribution in [2.24, 2.45) is 0 Å². The number of oxazole rings is 1. The summed E-state index contributed by atoms with van der Waals surface area (Å²) in [6.07, 6.45) is 2.49. The van der Waals surface area contributed by atoms with Gasteiger partial charge in [-0.25, -0.2) is 4.79 Å². The van der Waals surface area contributed by atoms with E-state index in [-0.39, 0.29) is 11.7 Å². The van der Waals surface area contributed by atoms with Gasteiger partial charge in [0.15, 0.2) is 5.69 Å². The summed E-state index contributed by atoms with van der Waals surface area (Å²) >= 11 is 0. The van der Waals surface area contributed by atoms with Gasteiger partial charge in [-0.1, -0.05) is 13.8 Å². The Labute approximate surface area is 106 Å². The third-order valence-electron chi connectivity index (χ3n) is 2.87. The Morgan fingerprint density at radius 3 is 2.72 bits per heavy atom. The predicted molar refractivity (Wildman–Crippen MR) is 66.5 cm³/mol. The van der Waals surface area contributed by atoms with Crippen LogP contribution in [0.2, 0.25) is 0 Å². The summed E-state index contributed by atoms with van der Waals surface area (Å²) in [7, 11) is 0. The number of hydrogen-bond acceptors (Lipinski definition) is 6. The smallest absolute Gasteiger partial charge is 0.360 e. The van der Waals surface area contributed by atoms with Gasteiger partial charge in [-0.3, -0.25) is 0 Å². The summed E-state index contributed by atoms with van der Waals surface area (Å²) in [5.74, 6) is -0.518. The first kappa shape index (κ1) is 14.5. The van der Waals surface area contributed by atoms with Crippen LogP contribution in [0.15, 0.2) is 10.7 Å². The maximum Gasteiger partial charge on any atom is 0.360 e. The lowest BCUT2D eigenvalue weighted by molar-refractivity contribution is 0.0452. The van der Waals surface area contributed by atoms with Crippen molar-refractivity contribution in [2.45, 2.75) is 39.2 Å². The van der Waals surface area contributed by atoms with Gasteiger partial charge in [0.2, 0.25) is 0 Å². The molecule has 102 valence electrons. The highest BCUT2D eigenvalue weighted by molar-refractivity contribution is 5.87. The first-order chi connectivity index (χ1) is 8.54. The lowest BCUT2D eigenvalue weighted by Crippen LogP contribution is -2.35. The standard InChI is InChI=1S/C12H20N2O4/c1-4-12(16,5-2)8-13-11-14-9(7-18-11)10(15)17-6-3/h7,16H,4-6,8H2,1-3H3,(H,13,14). The van der Waals surface area contributed by atoms with Gasteiger partial charge in [0.25, 0.3) is 6.01 Å². The van der Waals surface area contributed by atoms with Crippen molar-refractivity contribution in [3.05, 3.63) is 12.0 Å². The highest BCUT2D eigenvalue weighted by atomic mass is 16.5. The van der Waals surface area contributed by atoms with E-state index in [0.29, 0.717) is 26.0 Å². The van der Waals surface area contributed by atoms with Crippen LogP contribution < -0.4 is 5.32 Å². The summed E-state index contributed by atoms with van der Waals surface area (Å²) in [5.41, 5.74) is -0.672. The SMILES string of the molecule is CCOC(=O)c1coc(NCC(O)(CC)CC)n1. The monoisotopic (exact) mass is 256 g/mol. The maximum absolute atomic E-state index is 11.3. The molecular formula is C12H20N2O4. The Bertz CT molecular complexity index is 385. The van der Waals surface area contributed by atoms with Crippen LogP contribution in [-0.4, -0.2) is 34.8 Å². The molecule has 0 aromatic carbocycles. The van der Waals surface area contributed by atoms with Gasteiger partial charge in [-0.2, -0.15) is 4.98 Å². The molecule has 6 heteroatoms. The van der Waals surface area contributed by atoms with Crippen LogP contribution in [0.1, 0.15) is 44.1 Å². The maximum atomic E-state index is 11.3. The lowest BCUT2D eigenvalue weighted by Gasteiger charge is -2.24. The quantitative estimate of drug-likeness (QED) is 0.724. The highest BCUT2D eigenvalue weighted by Crippen LogP contribution is 2.16. The Hall–Kier alpha value is -1.56. The molecule has 0 radical (unpaired) electrons. The molecule has 0 aliphatic carbocycles. The zero-order chi connectivity index (χ0) is 13.6. The van der Waals surface area contributed by atoms with Crippen LogP contribution in [0.4, 0.5) is 6.01 Å². The molecule has 18 heavy (non-hydrogen) atoms. The number of hydrogen-bond donors (Lipinski definition) is 2. The number of aromatic nitrogens is 1. The number of carbonyl (C=O) groups excluding carboxylic acids is 1. The summed E-state index contributed by atoms with van der Waals surface area (Å²) in [4.78, 5) is 15.3. The van der Waals surface area contributed by atoms with Gasteiger partial charge in [-0.15, -0.1) is 0 Å². The van der Waals surface area contributed by atoms with Crippen molar-refractivity contribution in [2.75, 3.05) is 18.5 Å². The topological polar surface area (TPSA) is 84.6 Å². The van der Waals surface area contributed by atoms with E-state index in [1.54, 1.807) is 6.92 Å². The number of nitrogens with zero attached hydrogens (tertiary/aromatic N) is 1. The molecule has 0 spiro atoms. The van der Waals surface area contributed by atoms with Gasteiger partial charge in [0.1, 0.15) is 6.26 Å². The minimum absolute atomic E-state index is 0.121. The molecular weight excluding hydrogens is 236 g/mol. The fraction of sp³-hybridized carbons (Fsp3) is 0.667. The molecule has 0 atom stereocenters. The van der Waals surface area contributed by atoms with Crippen molar-refractivity contribution in [3.63, 3.8) is 0 Å². The van der Waals surface area contributed by atoms with Crippen LogP contribution in [0.5, 0.6) is 0 Å². The van der Waals surface area contributed by atoms with E-state index < -0.39 is 11.6 Å². The van der Waals surface area contributed by atoms with Crippen LogP contribution in [0.3, 0.4) is 0 Å². The summed E-state index contributed by atoms with van der Waals surface area (Å²) < 4.78 is 9.87. The number of esters is 1. The molecule has 0 saturated carbocycles. The molecule has 2 N–H and O–H groups in total. The molecule has 1 rings (SSSR count). The second-order valence-corrected chi connectivity index (χ2v) is 4.04.